The van der Waals surface area contributed by atoms with Crippen molar-refractivity contribution >= 4 is 36.5 Å². The van der Waals surface area contributed by atoms with Gasteiger partial charge in [-0.2, -0.15) is 12.6 Å². The lowest BCUT2D eigenvalue weighted by molar-refractivity contribution is -0.148. The molecule has 1 aromatic rings. The van der Waals surface area contributed by atoms with E-state index in [0.717, 1.165) is 31.2 Å². The first-order valence-electron chi connectivity index (χ1n) is 11.9. The molecule has 1 fully saturated rings. The van der Waals surface area contributed by atoms with Crippen molar-refractivity contribution in [2.75, 3.05) is 19.4 Å². The number of amides is 3. The number of aryl methyl sites for hydroxylation is 1. The van der Waals surface area contributed by atoms with Crippen molar-refractivity contribution in [2.24, 2.45) is 0 Å². The molecule has 0 radical (unpaired) electrons. The van der Waals surface area contributed by atoms with Gasteiger partial charge in [-0.05, 0) is 57.6 Å². The van der Waals surface area contributed by atoms with E-state index in [0.29, 0.717) is 5.56 Å². The number of hydrogen-bond donors (Lipinski definition) is 3. The molecule has 0 spiro atoms. The van der Waals surface area contributed by atoms with Crippen LogP contribution in [0.2, 0.25) is 0 Å². The molecule has 0 saturated heterocycles. The minimum atomic E-state index is -1.00. The Morgan fingerprint density at radius 1 is 1.14 bits per heavy atom. The molecule has 0 bridgehead atoms. The van der Waals surface area contributed by atoms with E-state index in [2.05, 4.69) is 28.0 Å². The molecule has 1 aromatic carbocycles. The lowest BCUT2D eigenvalue weighted by atomic mass is 9.88. The van der Waals surface area contributed by atoms with Gasteiger partial charge in [0.05, 0.1) is 7.11 Å². The number of carbonyl (C=O) groups is 4. The summed E-state index contributed by atoms with van der Waals surface area (Å²) < 4.78 is 9.95. The Bertz CT molecular complexity index is 895. The average molecular weight is 508 g/mol. The number of esters is 1. The van der Waals surface area contributed by atoms with Crippen LogP contribution in [0.4, 0.5) is 4.79 Å². The van der Waals surface area contributed by atoms with Crippen LogP contribution in [-0.4, -0.2) is 65.9 Å². The number of thiol groups is 1. The number of nitrogens with one attached hydrogen (secondary N) is 2. The summed E-state index contributed by atoms with van der Waals surface area (Å²) in [5, 5.41) is 5.18. The first kappa shape index (κ1) is 28.5. The normalized spacial score (nSPS) is 15.3. The maximum Gasteiger partial charge on any atom is 0.408 e. The van der Waals surface area contributed by atoms with Gasteiger partial charge in [0.15, 0.2) is 0 Å². The smallest absolute Gasteiger partial charge is 0.408 e. The minimum Gasteiger partial charge on any atom is -0.468 e. The third-order valence-electron chi connectivity index (χ3n) is 5.76. The number of carbonyl (C=O) groups excluding carboxylic acids is 4. The minimum absolute atomic E-state index is 0.0204. The number of nitrogens with zero attached hydrogens (tertiary/aromatic N) is 1. The van der Waals surface area contributed by atoms with Crippen LogP contribution in [0.5, 0.6) is 0 Å². The van der Waals surface area contributed by atoms with E-state index >= 15 is 0 Å². The number of benzene rings is 1. The van der Waals surface area contributed by atoms with Crippen LogP contribution in [0.25, 0.3) is 0 Å². The van der Waals surface area contributed by atoms with Crippen LogP contribution in [0, 0.1) is 0 Å². The van der Waals surface area contributed by atoms with Crippen LogP contribution in [0.1, 0.15) is 64.1 Å². The Labute approximate surface area is 212 Å². The number of rotatable bonds is 10. The van der Waals surface area contributed by atoms with Gasteiger partial charge >= 0.3 is 12.1 Å². The van der Waals surface area contributed by atoms with E-state index in [-0.39, 0.29) is 18.3 Å². The molecular weight excluding hydrogens is 470 g/mol. The van der Waals surface area contributed by atoms with Crippen molar-refractivity contribution in [3.8, 4) is 0 Å². The SMILES string of the molecule is CCc1ccc(C(C(=O)NCC(=O)OC)N(C(=O)C(CS)NC(=O)OC(C)(C)C)C2CCC2)cc1. The molecule has 2 unspecified atom stereocenters. The summed E-state index contributed by atoms with van der Waals surface area (Å²) in [5.74, 6) is -1.52. The molecule has 9 nitrogen and oxygen atoms in total. The highest BCUT2D eigenvalue weighted by Gasteiger charge is 2.41. The predicted octanol–water partition coefficient (Wildman–Crippen LogP) is 2.78. The van der Waals surface area contributed by atoms with Gasteiger partial charge in [-0.15, -0.1) is 0 Å². The maximum atomic E-state index is 13.8. The van der Waals surface area contributed by atoms with Crippen LogP contribution in [0.15, 0.2) is 24.3 Å². The summed E-state index contributed by atoms with van der Waals surface area (Å²) in [6, 6.07) is 5.27. The van der Waals surface area contributed by atoms with E-state index < -0.39 is 41.6 Å². The zero-order valence-corrected chi connectivity index (χ0v) is 22.0. The van der Waals surface area contributed by atoms with Gasteiger partial charge in [0.25, 0.3) is 0 Å². The van der Waals surface area contributed by atoms with E-state index in [1.165, 1.54) is 12.0 Å². The fourth-order valence-corrected chi connectivity index (χ4v) is 3.95. The zero-order valence-electron chi connectivity index (χ0n) is 21.1. The predicted molar refractivity (Wildman–Crippen MR) is 135 cm³/mol. The second-order valence-electron chi connectivity index (χ2n) is 9.50. The second kappa shape index (κ2) is 12.8. The molecule has 0 aromatic heterocycles. The van der Waals surface area contributed by atoms with Crippen molar-refractivity contribution in [1.82, 2.24) is 15.5 Å². The highest BCUT2D eigenvalue weighted by atomic mass is 32.1. The zero-order chi connectivity index (χ0) is 26.2. The highest BCUT2D eigenvalue weighted by molar-refractivity contribution is 7.80. The van der Waals surface area contributed by atoms with Gasteiger partial charge < -0.3 is 25.0 Å². The van der Waals surface area contributed by atoms with Crippen LogP contribution >= 0.6 is 12.6 Å². The molecule has 35 heavy (non-hydrogen) atoms. The molecule has 1 aliphatic rings. The fourth-order valence-electron chi connectivity index (χ4n) is 3.70. The largest absolute Gasteiger partial charge is 0.468 e. The summed E-state index contributed by atoms with van der Waals surface area (Å²) in [4.78, 5) is 52.7. The molecule has 0 aliphatic heterocycles. The molecule has 0 heterocycles. The summed E-state index contributed by atoms with van der Waals surface area (Å²) in [7, 11) is 1.24. The van der Waals surface area contributed by atoms with Crippen molar-refractivity contribution < 1.29 is 28.7 Å². The highest BCUT2D eigenvalue weighted by Crippen LogP contribution is 2.34. The van der Waals surface area contributed by atoms with E-state index in [1.54, 1.807) is 20.8 Å². The van der Waals surface area contributed by atoms with Crippen LogP contribution in [0.3, 0.4) is 0 Å². The Kier molecular flexibility index (Phi) is 10.4. The van der Waals surface area contributed by atoms with Crippen LogP contribution in [-0.2, 0) is 30.3 Å². The fraction of sp³-hybridized carbons (Fsp3) is 0.600. The van der Waals surface area contributed by atoms with Crippen molar-refractivity contribution in [2.45, 2.75) is 77.1 Å². The number of alkyl carbamates (subject to hydrolysis) is 1. The maximum absolute atomic E-state index is 13.8. The standard InChI is InChI=1S/C25H37N3O6S/c1-6-16-10-12-17(13-11-16)21(22(30)26-14-20(29)33-5)28(18-8-7-9-18)23(31)19(15-35)27-24(32)34-25(2,3)4/h10-13,18-19,21,35H,6-9,14-15H2,1-5H3,(H,26,30)(H,27,32). The summed E-state index contributed by atoms with van der Waals surface area (Å²) in [5.41, 5.74) is 0.961. The third-order valence-corrected chi connectivity index (χ3v) is 6.12. The van der Waals surface area contributed by atoms with E-state index in [1.807, 2.05) is 31.2 Å². The van der Waals surface area contributed by atoms with E-state index in [9.17, 15) is 19.2 Å². The summed E-state index contributed by atoms with van der Waals surface area (Å²) >= 11 is 4.29. The Hall–Kier alpha value is -2.75. The summed E-state index contributed by atoms with van der Waals surface area (Å²) in [6.07, 6.45) is 2.46. The molecule has 1 saturated carbocycles. The topological polar surface area (TPSA) is 114 Å². The second-order valence-corrected chi connectivity index (χ2v) is 9.87. The van der Waals surface area contributed by atoms with Gasteiger partial charge in [0.2, 0.25) is 11.8 Å². The quantitative estimate of drug-likeness (QED) is 0.332. The number of hydrogen-bond acceptors (Lipinski definition) is 7. The molecule has 2 rings (SSSR count). The van der Waals surface area contributed by atoms with Crippen molar-refractivity contribution in [1.29, 1.82) is 0 Å². The first-order valence-corrected chi connectivity index (χ1v) is 12.5. The lowest BCUT2D eigenvalue weighted by Gasteiger charge is -2.43. The lowest BCUT2D eigenvalue weighted by Crippen LogP contribution is -2.58. The molecule has 194 valence electrons. The van der Waals surface area contributed by atoms with Gasteiger partial charge in [-0.3, -0.25) is 14.4 Å². The Morgan fingerprint density at radius 3 is 2.23 bits per heavy atom. The Morgan fingerprint density at radius 2 is 1.77 bits per heavy atom. The van der Waals surface area contributed by atoms with Gasteiger partial charge in [0.1, 0.15) is 24.2 Å². The number of ether oxygens (including phenoxy) is 2. The first-order chi connectivity index (χ1) is 16.5. The molecular formula is C25H37N3O6S. The summed E-state index contributed by atoms with van der Waals surface area (Å²) in [6.45, 7) is 6.89. The van der Waals surface area contributed by atoms with Crippen molar-refractivity contribution in [3.05, 3.63) is 35.4 Å². The molecule has 10 heteroatoms. The molecule has 2 atom stereocenters. The average Bonchev–Trinajstić information content (AvgIpc) is 2.78. The van der Waals surface area contributed by atoms with E-state index in [4.69, 9.17) is 4.74 Å². The Balaban J connectivity index is 2.41. The number of methoxy groups -OCH3 is 1. The molecule has 2 N–H and O–H groups in total. The molecule has 3 amide bonds. The third kappa shape index (κ3) is 8.16. The van der Waals surface area contributed by atoms with Crippen LogP contribution < -0.4 is 10.6 Å². The van der Waals surface area contributed by atoms with Crippen molar-refractivity contribution in [3.63, 3.8) is 0 Å². The monoisotopic (exact) mass is 507 g/mol. The van der Waals surface area contributed by atoms with Gasteiger partial charge in [0, 0.05) is 11.8 Å². The molecule has 1 aliphatic carbocycles. The van der Waals surface area contributed by atoms with Gasteiger partial charge in [-0.25, -0.2) is 4.79 Å². The van der Waals surface area contributed by atoms with Gasteiger partial charge in [-0.1, -0.05) is 31.2 Å².